The average molecular weight is 346 g/mol. The van der Waals surface area contributed by atoms with E-state index < -0.39 is 0 Å². The van der Waals surface area contributed by atoms with Crippen LogP contribution in [0.25, 0.3) is 10.2 Å². The van der Waals surface area contributed by atoms with Crippen LogP contribution >= 0.6 is 11.3 Å². The summed E-state index contributed by atoms with van der Waals surface area (Å²) in [7, 11) is 0. The first-order valence-electron chi connectivity index (χ1n) is 9.04. The summed E-state index contributed by atoms with van der Waals surface area (Å²) in [6.45, 7) is 7.67. The molecule has 4 heterocycles. The second-order valence-corrected chi connectivity index (χ2v) is 8.11. The monoisotopic (exact) mass is 346 g/mol. The Kier molecular flexibility index (Phi) is 4.70. The molecule has 2 aliphatic heterocycles. The summed E-state index contributed by atoms with van der Waals surface area (Å²) in [6.07, 6.45) is 4.01. The third-order valence-corrected chi connectivity index (χ3v) is 6.35. The van der Waals surface area contributed by atoms with Gasteiger partial charge in [0.05, 0.1) is 10.2 Å². The molecule has 0 radical (unpaired) electrons. The highest BCUT2D eigenvalue weighted by Gasteiger charge is 2.35. The molecular formula is C18H26N4OS. The number of fused-ring (bicyclic) bond motifs is 1. The molecule has 2 atom stereocenters. The summed E-state index contributed by atoms with van der Waals surface area (Å²) in [5.41, 5.74) is 1.04. The van der Waals surface area contributed by atoms with Gasteiger partial charge in [0.1, 0.15) is 11.6 Å². The molecule has 6 heteroatoms. The van der Waals surface area contributed by atoms with Gasteiger partial charge in [-0.2, -0.15) is 0 Å². The number of rotatable bonds is 4. The lowest BCUT2D eigenvalue weighted by atomic mass is 9.95. The number of aryl methyl sites for hydroxylation is 1. The highest BCUT2D eigenvalue weighted by atomic mass is 32.1. The summed E-state index contributed by atoms with van der Waals surface area (Å²) in [5, 5.41) is 12.0. The zero-order chi connectivity index (χ0) is 16.5. The Morgan fingerprint density at radius 2 is 1.96 bits per heavy atom. The van der Waals surface area contributed by atoms with E-state index in [0.29, 0.717) is 11.8 Å². The number of hydrogen-bond acceptors (Lipinski definition) is 6. The van der Waals surface area contributed by atoms with E-state index in [2.05, 4.69) is 26.2 Å². The van der Waals surface area contributed by atoms with Crippen LogP contribution in [0.1, 0.15) is 25.1 Å². The maximum absolute atomic E-state index is 9.88. The van der Waals surface area contributed by atoms with E-state index in [1.54, 1.807) is 11.3 Å². The Labute approximate surface area is 147 Å². The summed E-state index contributed by atoms with van der Waals surface area (Å²) >= 11 is 1.72. The van der Waals surface area contributed by atoms with Crippen molar-refractivity contribution in [2.24, 2.45) is 11.8 Å². The number of aromatic nitrogens is 2. The van der Waals surface area contributed by atoms with Crippen molar-refractivity contribution in [1.29, 1.82) is 0 Å². The van der Waals surface area contributed by atoms with E-state index >= 15 is 0 Å². The molecule has 2 aliphatic rings. The number of likely N-dealkylation sites (tertiary alicyclic amines) is 1. The van der Waals surface area contributed by atoms with Crippen molar-refractivity contribution >= 4 is 27.4 Å². The van der Waals surface area contributed by atoms with Crippen LogP contribution in [-0.4, -0.2) is 59.3 Å². The summed E-state index contributed by atoms with van der Waals surface area (Å²) in [5.74, 6) is 2.76. The van der Waals surface area contributed by atoms with Crippen LogP contribution in [0.4, 0.5) is 5.82 Å². The Morgan fingerprint density at radius 3 is 2.75 bits per heavy atom. The van der Waals surface area contributed by atoms with Crippen molar-refractivity contribution in [2.75, 3.05) is 44.2 Å². The smallest absolute Gasteiger partial charge is 0.150 e. The van der Waals surface area contributed by atoms with Crippen molar-refractivity contribution in [1.82, 2.24) is 14.9 Å². The average Bonchev–Trinajstić information content (AvgIpc) is 3.21. The lowest BCUT2D eigenvalue weighted by molar-refractivity contribution is 0.149. The van der Waals surface area contributed by atoms with Crippen LogP contribution in [0.15, 0.2) is 11.4 Å². The summed E-state index contributed by atoms with van der Waals surface area (Å²) in [4.78, 5) is 14.2. The van der Waals surface area contributed by atoms with Crippen LogP contribution < -0.4 is 4.90 Å². The van der Waals surface area contributed by atoms with Gasteiger partial charge in [0.15, 0.2) is 0 Å². The van der Waals surface area contributed by atoms with Crippen LogP contribution in [0.5, 0.6) is 0 Å². The predicted octanol–water partition coefficient (Wildman–Crippen LogP) is 2.53. The molecule has 1 N–H and O–H groups in total. The minimum Gasteiger partial charge on any atom is -0.396 e. The SMILES string of the molecule is Cc1nc(N2C[C@@H](CN3CCCCC3)[C@@H](CO)C2)c2sccc2n1. The normalized spacial score (nSPS) is 25.7. The highest BCUT2D eigenvalue weighted by Crippen LogP contribution is 2.34. The molecule has 0 amide bonds. The van der Waals surface area contributed by atoms with Crippen LogP contribution in [0.2, 0.25) is 0 Å². The zero-order valence-electron chi connectivity index (χ0n) is 14.3. The molecule has 24 heavy (non-hydrogen) atoms. The maximum Gasteiger partial charge on any atom is 0.150 e. The molecule has 0 unspecified atom stereocenters. The fourth-order valence-corrected chi connectivity index (χ4v) is 5.02. The number of aliphatic hydroxyl groups is 1. The largest absolute Gasteiger partial charge is 0.396 e. The van der Waals surface area contributed by atoms with Gasteiger partial charge in [0, 0.05) is 32.2 Å². The summed E-state index contributed by atoms with van der Waals surface area (Å²) < 4.78 is 1.18. The number of piperidine rings is 1. The quantitative estimate of drug-likeness (QED) is 0.922. The Hall–Kier alpha value is -1.24. The third-order valence-electron chi connectivity index (χ3n) is 5.45. The molecule has 0 spiro atoms. The molecule has 130 valence electrons. The van der Waals surface area contributed by atoms with Crippen molar-refractivity contribution in [3.05, 3.63) is 17.3 Å². The van der Waals surface area contributed by atoms with Crippen molar-refractivity contribution in [2.45, 2.75) is 26.2 Å². The fourth-order valence-electron chi connectivity index (χ4n) is 4.17. The molecule has 2 fully saturated rings. The van der Waals surface area contributed by atoms with E-state index in [-0.39, 0.29) is 6.61 Å². The van der Waals surface area contributed by atoms with Crippen LogP contribution in [-0.2, 0) is 0 Å². The molecule has 5 nitrogen and oxygen atoms in total. The van der Waals surface area contributed by atoms with Crippen LogP contribution in [0.3, 0.4) is 0 Å². The first-order chi connectivity index (χ1) is 11.7. The van der Waals surface area contributed by atoms with Crippen molar-refractivity contribution in [3.63, 3.8) is 0 Å². The number of thiophene rings is 1. The molecule has 0 bridgehead atoms. The van der Waals surface area contributed by atoms with Gasteiger partial charge in [-0.25, -0.2) is 9.97 Å². The Morgan fingerprint density at radius 1 is 1.17 bits per heavy atom. The lowest BCUT2D eigenvalue weighted by Gasteiger charge is -2.30. The van der Waals surface area contributed by atoms with E-state index in [1.165, 1.54) is 37.1 Å². The number of anilines is 1. The molecule has 2 aromatic heterocycles. The topological polar surface area (TPSA) is 52.5 Å². The van der Waals surface area contributed by atoms with Gasteiger partial charge in [-0.15, -0.1) is 11.3 Å². The maximum atomic E-state index is 9.88. The zero-order valence-corrected chi connectivity index (χ0v) is 15.1. The van der Waals surface area contributed by atoms with Crippen molar-refractivity contribution < 1.29 is 5.11 Å². The molecule has 4 rings (SSSR count). The number of aliphatic hydroxyl groups excluding tert-OH is 1. The molecular weight excluding hydrogens is 320 g/mol. The van der Waals surface area contributed by atoms with Gasteiger partial charge < -0.3 is 14.9 Å². The third kappa shape index (κ3) is 3.15. The van der Waals surface area contributed by atoms with Gasteiger partial charge in [-0.3, -0.25) is 0 Å². The predicted molar refractivity (Wildman–Crippen MR) is 98.7 cm³/mol. The molecule has 2 saturated heterocycles. The van der Waals surface area contributed by atoms with E-state index in [1.807, 2.05) is 6.92 Å². The first kappa shape index (κ1) is 16.2. The molecule has 0 aromatic carbocycles. The molecule has 0 saturated carbocycles. The van der Waals surface area contributed by atoms with Gasteiger partial charge in [-0.1, -0.05) is 6.42 Å². The first-order valence-corrected chi connectivity index (χ1v) is 9.92. The van der Waals surface area contributed by atoms with Gasteiger partial charge >= 0.3 is 0 Å². The summed E-state index contributed by atoms with van der Waals surface area (Å²) in [6, 6.07) is 2.07. The number of nitrogens with zero attached hydrogens (tertiary/aromatic N) is 4. The van der Waals surface area contributed by atoms with Crippen molar-refractivity contribution in [3.8, 4) is 0 Å². The fraction of sp³-hybridized carbons (Fsp3) is 0.667. The van der Waals surface area contributed by atoms with Gasteiger partial charge in [0.2, 0.25) is 0 Å². The molecule has 2 aromatic rings. The van der Waals surface area contributed by atoms with Crippen LogP contribution in [0, 0.1) is 18.8 Å². The Bertz CT molecular complexity index is 697. The Balaban J connectivity index is 1.54. The lowest BCUT2D eigenvalue weighted by Crippen LogP contribution is -2.37. The van der Waals surface area contributed by atoms with Gasteiger partial charge in [0.25, 0.3) is 0 Å². The molecule has 0 aliphatic carbocycles. The minimum absolute atomic E-state index is 0.270. The second kappa shape index (κ2) is 6.94. The van der Waals surface area contributed by atoms with E-state index in [4.69, 9.17) is 4.98 Å². The standard InChI is InChI=1S/C18H26N4OS/c1-13-19-16-5-8-24-17(16)18(20-13)22-10-14(15(11-22)12-23)9-21-6-3-2-4-7-21/h5,8,14-15,23H,2-4,6-7,9-12H2,1H3/t14-,15-/m1/s1. The number of hydrogen-bond donors (Lipinski definition) is 1. The minimum atomic E-state index is 0.270. The highest BCUT2D eigenvalue weighted by molar-refractivity contribution is 7.17. The van der Waals surface area contributed by atoms with Gasteiger partial charge in [-0.05, 0) is 50.2 Å². The second-order valence-electron chi connectivity index (χ2n) is 7.20. The van der Waals surface area contributed by atoms with E-state index in [0.717, 1.165) is 36.8 Å². The van der Waals surface area contributed by atoms with E-state index in [9.17, 15) is 5.11 Å².